The van der Waals surface area contributed by atoms with E-state index in [1.807, 2.05) is 19.1 Å². The Hall–Kier alpha value is -2.87. The Kier molecular flexibility index (Phi) is 7.30. The molecule has 37 heavy (non-hydrogen) atoms. The number of carbonyl (C=O) groups excluding carboxylic acids is 3. The number of rotatable bonds is 9. The predicted molar refractivity (Wildman–Crippen MR) is 140 cm³/mol. The zero-order valence-electron chi connectivity index (χ0n) is 22.1. The van der Waals surface area contributed by atoms with E-state index in [2.05, 4.69) is 24.5 Å². The van der Waals surface area contributed by atoms with Gasteiger partial charge in [0.05, 0.1) is 24.5 Å². The van der Waals surface area contributed by atoms with Gasteiger partial charge in [0.2, 0.25) is 17.7 Å². The van der Waals surface area contributed by atoms with Crippen LogP contribution >= 0.6 is 0 Å². The number of hydrogen-bond acceptors (Lipinski definition) is 5. The fraction of sp³-hybridized carbons (Fsp3) is 0.621. The summed E-state index contributed by atoms with van der Waals surface area (Å²) in [6.07, 6.45) is 9.30. The monoisotopic (exact) mass is 509 g/mol. The van der Waals surface area contributed by atoms with Gasteiger partial charge in [0.1, 0.15) is 17.4 Å². The summed E-state index contributed by atoms with van der Waals surface area (Å²) in [5, 5.41) is 6.19. The average molecular weight is 510 g/mol. The lowest BCUT2D eigenvalue weighted by atomic mass is 9.74. The fourth-order valence-corrected chi connectivity index (χ4v) is 6.46. The minimum Gasteiger partial charge on any atom is -0.494 e. The molecule has 0 unspecified atom stereocenters. The standard InChI is InChI=1S/C29H39N3O5/c1-4-36-21-12-10-20(11-13-21)30-26(33)23-22-14-16-29(37-22)24(23)28(35)32(17-15-18(2)3)25(29)27(34)31-19-8-6-5-7-9-19/h10-14,16,18-19,22-25H,4-9,15,17H2,1-3H3,(H,30,33)(H,31,34)/t22-,23-,24-,25-,29-/m0/s1. The van der Waals surface area contributed by atoms with Crippen molar-refractivity contribution in [2.24, 2.45) is 17.8 Å². The third-order valence-electron chi connectivity index (χ3n) is 8.26. The molecule has 3 aliphatic heterocycles. The first-order valence-corrected chi connectivity index (χ1v) is 13.9. The van der Waals surface area contributed by atoms with Crippen LogP contribution in [0.4, 0.5) is 5.69 Å². The first-order chi connectivity index (χ1) is 17.8. The summed E-state index contributed by atoms with van der Waals surface area (Å²) < 4.78 is 11.9. The van der Waals surface area contributed by atoms with Gasteiger partial charge in [0.15, 0.2) is 0 Å². The van der Waals surface area contributed by atoms with Gasteiger partial charge in [-0.15, -0.1) is 0 Å². The van der Waals surface area contributed by atoms with Crippen molar-refractivity contribution in [1.82, 2.24) is 10.2 Å². The highest BCUT2D eigenvalue weighted by molar-refractivity contribution is 6.02. The maximum atomic E-state index is 13.9. The van der Waals surface area contributed by atoms with Gasteiger partial charge in [-0.25, -0.2) is 0 Å². The highest BCUT2D eigenvalue weighted by atomic mass is 16.5. The number of carbonyl (C=O) groups is 3. The second-order valence-electron chi connectivity index (χ2n) is 11.2. The number of anilines is 1. The number of benzene rings is 1. The number of hydrogen-bond donors (Lipinski definition) is 2. The van der Waals surface area contributed by atoms with Crippen LogP contribution in [0.3, 0.4) is 0 Å². The van der Waals surface area contributed by atoms with Crippen LogP contribution in [0.15, 0.2) is 36.4 Å². The lowest BCUT2D eigenvalue weighted by molar-refractivity contribution is -0.141. The molecule has 0 aromatic heterocycles. The third-order valence-corrected chi connectivity index (χ3v) is 8.26. The van der Waals surface area contributed by atoms with Gasteiger partial charge in [0.25, 0.3) is 0 Å². The topological polar surface area (TPSA) is 97.0 Å². The maximum absolute atomic E-state index is 13.9. The zero-order valence-corrected chi connectivity index (χ0v) is 22.1. The minimum atomic E-state index is -1.11. The van der Waals surface area contributed by atoms with E-state index in [-0.39, 0.29) is 23.8 Å². The Bertz CT molecular complexity index is 1050. The Morgan fingerprint density at radius 2 is 1.86 bits per heavy atom. The number of ether oxygens (including phenoxy) is 2. The van der Waals surface area contributed by atoms with Gasteiger partial charge < -0.3 is 25.0 Å². The van der Waals surface area contributed by atoms with E-state index in [0.29, 0.717) is 24.8 Å². The summed E-state index contributed by atoms with van der Waals surface area (Å²) in [6, 6.07) is 6.54. The largest absolute Gasteiger partial charge is 0.494 e. The summed E-state index contributed by atoms with van der Waals surface area (Å²) in [7, 11) is 0. The van der Waals surface area contributed by atoms with Crippen molar-refractivity contribution in [3.63, 3.8) is 0 Å². The van der Waals surface area contributed by atoms with E-state index in [4.69, 9.17) is 9.47 Å². The van der Waals surface area contributed by atoms with Gasteiger partial charge in [0, 0.05) is 18.3 Å². The van der Waals surface area contributed by atoms with Crippen molar-refractivity contribution in [3.8, 4) is 5.75 Å². The van der Waals surface area contributed by atoms with E-state index in [1.165, 1.54) is 6.42 Å². The predicted octanol–water partition coefficient (Wildman–Crippen LogP) is 3.67. The smallest absolute Gasteiger partial charge is 0.246 e. The minimum absolute atomic E-state index is 0.125. The zero-order chi connectivity index (χ0) is 26.2. The molecule has 1 saturated carbocycles. The highest BCUT2D eigenvalue weighted by Gasteiger charge is 2.72. The van der Waals surface area contributed by atoms with Crippen LogP contribution in [0, 0.1) is 17.8 Å². The molecule has 2 saturated heterocycles. The van der Waals surface area contributed by atoms with Crippen molar-refractivity contribution in [1.29, 1.82) is 0 Å². The number of nitrogens with one attached hydrogen (secondary N) is 2. The fourth-order valence-electron chi connectivity index (χ4n) is 6.46. The summed E-state index contributed by atoms with van der Waals surface area (Å²) in [5.74, 6) is -0.912. The van der Waals surface area contributed by atoms with Crippen LogP contribution in [0.5, 0.6) is 5.75 Å². The van der Waals surface area contributed by atoms with Crippen molar-refractivity contribution >= 4 is 23.4 Å². The quantitative estimate of drug-likeness (QED) is 0.495. The number of fused-ring (bicyclic) bond motifs is 1. The Morgan fingerprint density at radius 1 is 1.14 bits per heavy atom. The molecule has 5 rings (SSSR count). The van der Waals surface area contributed by atoms with Gasteiger partial charge in [-0.2, -0.15) is 0 Å². The highest BCUT2D eigenvalue weighted by Crippen LogP contribution is 2.55. The summed E-state index contributed by atoms with van der Waals surface area (Å²) >= 11 is 0. The molecule has 200 valence electrons. The maximum Gasteiger partial charge on any atom is 0.246 e. The van der Waals surface area contributed by atoms with Gasteiger partial charge in [-0.1, -0.05) is 45.3 Å². The summed E-state index contributed by atoms with van der Waals surface area (Å²) in [6.45, 7) is 7.15. The molecule has 0 radical (unpaired) electrons. The Labute approximate surface area is 219 Å². The van der Waals surface area contributed by atoms with Crippen LogP contribution < -0.4 is 15.4 Å². The molecule has 1 aliphatic carbocycles. The number of likely N-dealkylation sites (tertiary alicyclic amines) is 1. The first kappa shape index (κ1) is 25.8. The van der Waals surface area contributed by atoms with Crippen LogP contribution in [-0.2, 0) is 19.1 Å². The average Bonchev–Trinajstić information content (AvgIpc) is 3.52. The van der Waals surface area contributed by atoms with Crippen molar-refractivity contribution in [2.75, 3.05) is 18.5 Å². The van der Waals surface area contributed by atoms with E-state index < -0.39 is 29.6 Å². The van der Waals surface area contributed by atoms with E-state index in [0.717, 1.165) is 37.9 Å². The first-order valence-electron chi connectivity index (χ1n) is 13.9. The lowest BCUT2D eigenvalue weighted by Gasteiger charge is -2.34. The molecule has 5 atom stereocenters. The Balaban J connectivity index is 1.39. The van der Waals surface area contributed by atoms with E-state index >= 15 is 0 Å². The van der Waals surface area contributed by atoms with Gasteiger partial charge in [-0.05, 0) is 56.4 Å². The number of nitrogens with zero attached hydrogens (tertiary/aromatic N) is 1. The SMILES string of the molecule is CCOc1ccc(NC(=O)[C@H]2[C@@H]3C=C[C@]4(O3)[C@@H]2C(=O)N(CCC(C)C)[C@H]4C(=O)NC2CCCCC2)cc1. The Morgan fingerprint density at radius 3 is 2.54 bits per heavy atom. The van der Waals surface area contributed by atoms with Gasteiger partial charge in [-0.3, -0.25) is 14.4 Å². The molecule has 3 amide bonds. The lowest BCUT2D eigenvalue weighted by Crippen LogP contribution is -2.56. The second kappa shape index (κ2) is 10.5. The van der Waals surface area contributed by atoms with E-state index in [9.17, 15) is 14.4 Å². The molecule has 8 nitrogen and oxygen atoms in total. The molecule has 4 aliphatic rings. The van der Waals surface area contributed by atoms with Crippen molar-refractivity contribution in [2.45, 2.75) is 83.1 Å². The van der Waals surface area contributed by atoms with Crippen LogP contribution in [0.25, 0.3) is 0 Å². The van der Waals surface area contributed by atoms with Crippen LogP contribution in [-0.4, -0.2) is 59.6 Å². The van der Waals surface area contributed by atoms with Crippen molar-refractivity contribution in [3.05, 3.63) is 36.4 Å². The van der Waals surface area contributed by atoms with E-state index in [1.54, 1.807) is 29.2 Å². The third kappa shape index (κ3) is 4.76. The molecule has 3 fully saturated rings. The summed E-state index contributed by atoms with van der Waals surface area (Å²) in [5.41, 5.74) is -0.485. The molecule has 8 heteroatoms. The molecule has 3 heterocycles. The molecular weight excluding hydrogens is 470 g/mol. The molecule has 1 aromatic rings. The van der Waals surface area contributed by atoms with Gasteiger partial charge >= 0.3 is 0 Å². The molecule has 1 spiro atoms. The molecular formula is C29H39N3O5. The molecule has 2 bridgehead atoms. The van der Waals surface area contributed by atoms with Crippen molar-refractivity contribution < 1.29 is 23.9 Å². The molecule has 1 aromatic carbocycles. The van der Waals surface area contributed by atoms with Crippen LogP contribution in [0.2, 0.25) is 0 Å². The molecule has 2 N–H and O–H groups in total. The van der Waals surface area contributed by atoms with Crippen LogP contribution in [0.1, 0.15) is 59.3 Å². The summed E-state index contributed by atoms with van der Waals surface area (Å²) in [4.78, 5) is 42.9. The normalized spacial score (nSPS) is 30.6. The number of amides is 3. The second-order valence-corrected chi connectivity index (χ2v) is 11.2.